The molecule has 0 aliphatic heterocycles. The zero-order valence-corrected chi connectivity index (χ0v) is 31.9. The van der Waals surface area contributed by atoms with E-state index >= 15 is 0 Å². The molecule has 0 unspecified atom stereocenters. The largest absolute Gasteiger partial charge is 0.489 e. The molecule has 0 spiro atoms. The predicted octanol–water partition coefficient (Wildman–Crippen LogP) is 10.6. The molecule has 0 saturated heterocycles. The van der Waals surface area contributed by atoms with Crippen LogP contribution in [-0.2, 0) is 51.2 Å². The van der Waals surface area contributed by atoms with Gasteiger partial charge in [0.25, 0.3) is 0 Å². The summed E-state index contributed by atoms with van der Waals surface area (Å²) in [5.74, 6) is 1.19. The Kier molecular flexibility index (Phi) is 9.28. The van der Waals surface area contributed by atoms with Crippen LogP contribution in [0.15, 0.2) is 97.1 Å². The number of esters is 2. The van der Waals surface area contributed by atoms with Gasteiger partial charge in [0.1, 0.15) is 24.7 Å². The summed E-state index contributed by atoms with van der Waals surface area (Å²) in [6.45, 7) is 9.83. The van der Waals surface area contributed by atoms with E-state index in [2.05, 4.69) is 88.4 Å². The van der Waals surface area contributed by atoms with Crippen LogP contribution in [0.4, 0.5) is 0 Å². The van der Waals surface area contributed by atoms with Crippen LogP contribution >= 0.6 is 0 Å². The Labute approximate surface area is 315 Å². The zero-order chi connectivity index (χ0) is 36.8. The summed E-state index contributed by atoms with van der Waals surface area (Å²) >= 11 is 0. The van der Waals surface area contributed by atoms with Crippen LogP contribution in [0.5, 0.6) is 11.5 Å². The number of benzene rings is 4. The Morgan fingerprint density at radius 3 is 1.40 bits per heavy atom. The molecule has 0 heterocycles. The van der Waals surface area contributed by atoms with Crippen LogP contribution in [0, 0.1) is 22.7 Å². The van der Waals surface area contributed by atoms with Crippen molar-refractivity contribution >= 4 is 11.9 Å². The Morgan fingerprint density at radius 2 is 0.981 bits per heavy atom. The number of fused-ring (bicyclic) bond motifs is 6. The second kappa shape index (κ2) is 13.8. The first-order chi connectivity index (χ1) is 25.5. The fourth-order valence-corrected chi connectivity index (χ4v) is 11.3. The highest BCUT2D eigenvalue weighted by atomic mass is 16.6. The lowest BCUT2D eigenvalue weighted by Gasteiger charge is -2.55. The summed E-state index contributed by atoms with van der Waals surface area (Å²) in [6, 6.07) is 33.5. The van der Waals surface area contributed by atoms with Crippen LogP contribution in [0.2, 0.25) is 0 Å². The number of carbonyl (C=O) groups excluding carboxylic acids is 2. The molecule has 8 rings (SSSR count). The van der Waals surface area contributed by atoms with Crippen LogP contribution < -0.4 is 9.47 Å². The molecule has 0 N–H and O–H groups in total. The molecular formula is C48H54O5. The molecule has 4 aliphatic carbocycles. The summed E-state index contributed by atoms with van der Waals surface area (Å²) in [6.07, 6.45) is 8.88. The van der Waals surface area contributed by atoms with Crippen molar-refractivity contribution in [2.45, 2.75) is 116 Å². The second-order valence-electron chi connectivity index (χ2n) is 17.4. The van der Waals surface area contributed by atoms with E-state index in [0.29, 0.717) is 13.2 Å². The molecule has 4 aliphatic rings. The van der Waals surface area contributed by atoms with Crippen molar-refractivity contribution < 1.29 is 23.8 Å². The minimum absolute atomic E-state index is 0.0706. The SMILES string of the molecule is C[C@]1(C(=O)OC(=O)[C@@]2(C)CCC[C@]3(C)c4cc(OCc5ccccc5)ccc4CC[C@@H]23)CCC[C@]2(C)c3cc(OCc4ccccc4)ccc3CC[C@@H]12. The molecule has 5 nitrogen and oxygen atoms in total. The van der Waals surface area contributed by atoms with Gasteiger partial charge in [0.2, 0.25) is 0 Å². The third-order valence-electron chi connectivity index (χ3n) is 14.3. The monoisotopic (exact) mass is 710 g/mol. The van der Waals surface area contributed by atoms with E-state index in [-0.39, 0.29) is 34.6 Å². The average molecular weight is 711 g/mol. The van der Waals surface area contributed by atoms with Crippen LogP contribution in [0.3, 0.4) is 0 Å². The van der Waals surface area contributed by atoms with Crippen LogP contribution in [-0.4, -0.2) is 11.9 Å². The smallest absolute Gasteiger partial charge is 0.319 e. The fraction of sp³-hybridized carbons (Fsp3) is 0.458. The number of hydrogen-bond acceptors (Lipinski definition) is 5. The zero-order valence-electron chi connectivity index (χ0n) is 31.9. The van der Waals surface area contributed by atoms with Gasteiger partial charge in [-0.2, -0.15) is 0 Å². The highest BCUT2D eigenvalue weighted by Gasteiger charge is 2.59. The molecule has 0 bridgehead atoms. The first kappa shape index (κ1) is 35.6. The summed E-state index contributed by atoms with van der Waals surface area (Å²) < 4.78 is 18.8. The third-order valence-corrected chi connectivity index (χ3v) is 14.3. The van der Waals surface area contributed by atoms with E-state index in [9.17, 15) is 9.59 Å². The van der Waals surface area contributed by atoms with Gasteiger partial charge in [0.15, 0.2) is 0 Å². The number of carbonyl (C=O) groups is 2. The van der Waals surface area contributed by atoms with Gasteiger partial charge in [-0.3, -0.25) is 9.59 Å². The Morgan fingerprint density at radius 1 is 0.566 bits per heavy atom. The summed E-state index contributed by atoms with van der Waals surface area (Å²) in [7, 11) is 0. The number of rotatable bonds is 8. The molecular weight excluding hydrogens is 657 g/mol. The van der Waals surface area contributed by atoms with Crippen molar-refractivity contribution in [3.05, 3.63) is 130 Å². The van der Waals surface area contributed by atoms with E-state index in [1.807, 2.05) is 36.4 Å². The minimum atomic E-state index is -0.750. The molecule has 6 atom stereocenters. The van der Waals surface area contributed by atoms with Gasteiger partial charge in [-0.15, -0.1) is 0 Å². The molecule has 2 fully saturated rings. The Balaban J connectivity index is 1.00. The van der Waals surface area contributed by atoms with Crippen molar-refractivity contribution in [1.29, 1.82) is 0 Å². The van der Waals surface area contributed by atoms with Crippen molar-refractivity contribution in [1.82, 2.24) is 0 Å². The Hall–Kier alpha value is -4.38. The first-order valence-corrected chi connectivity index (χ1v) is 19.9. The fourth-order valence-electron chi connectivity index (χ4n) is 11.3. The standard InChI is InChI=1S/C48H54O5/c1-45-25-11-27-47(3,41(45)23-19-35-17-21-37(29-39(35)45)51-31-33-13-7-5-8-14-33)43(49)53-44(50)48(4)28-12-26-46(2)40-30-38(22-18-36(40)20-24-42(46)48)52-32-34-15-9-6-10-16-34/h5-10,13-18,21-22,29-30,41-42H,11-12,19-20,23-28,31-32H2,1-4H3/t41-,42-,45-,46-,47+,48+/m1/s1. The van der Waals surface area contributed by atoms with E-state index in [4.69, 9.17) is 14.2 Å². The topological polar surface area (TPSA) is 61.8 Å². The average Bonchev–Trinajstić information content (AvgIpc) is 3.17. The van der Waals surface area contributed by atoms with Crippen LogP contribution in [0.25, 0.3) is 0 Å². The number of hydrogen-bond donors (Lipinski definition) is 0. The number of ether oxygens (including phenoxy) is 3. The van der Waals surface area contributed by atoms with Gasteiger partial charge in [0.05, 0.1) is 10.8 Å². The maximum absolute atomic E-state index is 14.5. The molecule has 0 radical (unpaired) electrons. The minimum Gasteiger partial charge on any atom is -0.489 e. The van der Waals surface area contributed by atoms with Gasteiger partial charge in [0, 0.05) is 0 Å². The van der Waals surface area contributed by atoms with E-state index < -0.39 is 10.8 Å². The quantitative estimate of drug-likeness (QED) is 0.135. The van der Waals surface area contributed by atoms with E-state index in [1.54, 1.807) is 0 Å². The molecule has 0 amide bonds. The summed E-state index contributed by atoms with van der Waals surface area (Å²) in [5.41, 5.74) is 5.58. The summed E-state index contributed by atoms with van der Waals surface area (Å²) in [5, 5.41) is 0. The van der Waals surface area contributed by atoms with Crippen molar-refractivity contribution in [3.63, 3.8) is 0 Å². The lowest BCUT2D eigenvalue weighted by molar-refractivity contribution is -0.184. The van der Waals surface area contributed by atoms with E-state index in [1.165, 1.54) is 22.3 Å². The molecule has 276 valence electrons. The number of aryl methyl sites for hydroxylation is 2. The normalized spacial score (nSPS) is 30.1. The summed E-state index contributed by atoms with van der Waals surface area (Å²) in [4.78, 5) is 29.1. The predicted molar refractivity (Wildman–Crippen MR) is 208 cm³/mol. The van der Waals surface area contributed by atoms with Gasteiger partial charge in [-0.25, -0.2) is 0 Å². The van der Waals surface area contributed by atoms with Crippen molar-refractivity contribution in [2.75, 3.05) is 0 Å². The lowest BCUT2D eigenvalue weighted by Crippen LogP contribution is -2.56. The highest BCUT2D eigenvalue weighted by molar-refractivity contribution is 5.92. The maximum Gasteiger partial charge on any atom is 0.319 e. The molecule has 0 aromatic heterocycles. The van der Waals surface area contributed by atoms with Crippen molar-refractivity contribution in [2.24, 2.45) is 22.7 Å². The maximum atomic E-state index is 14.5. The van der Waals surface area contributed by atoms with Crippen LogP contribution in [0.1, 0.15) is 112 Å². The third kappa shape index (κ3) is 6.28. The van der Waals surface area contributed by atoms with Gasteiger partial charge >= 0.3 is 11.9 Å². The second-order valence-corrected chi connectivity index (χ2v) is 17.4. The van der Waals surface area contributed by atoms with Gasteiger partial charge < -0.3 is 14.2 Å². The van der Waals surface area contributed by atoms with Crippen molar-refractivity contribution in [3.8, 4) is 11.5 Å². The Bertz CT molecular complexity index is 1840. The first-order valence-electron chi connectivity index (χ1n) is 19.9. The molecule has 4 aromatic rings. The van der Waals surface area contributed by atoms with Gasteiger partial charge in [-0.05, 0) is 146 Å². The molecule has 53 heavy (non-hydrogen) atoms. The van der Waals surface area contributed by atoms with E-state index in [0.717, 1.165) is 86.8 Å². The lowest BCUT2D eigenvalue weighted by atomic mass is 9.49. The molecule has 4 aromatic carbocycles. The molecule has 2 saturated carbocycles. The van der Waals surface area contributed by atoms with Gasteiger partial charge in [-0.1, -0.05) is 99.5 Å². The highest BCUT2D eigenvalue weighted by Crippen LogP contribution is 2.60. The molecule has 5 heteroatoms.